The van der Waals surface area contributed by atoms with Crippen LogP contribution in [-0.4, -0.2) is 31.2 Å². The molecule has 2 atom stereocenters. The molecule has 1 saturated carbocycles. The first-order chi connectivity index (χ1) is 12.0. The Morgan fingerprint density at radius 2 is 1.92 bits per heavy atom. The van der Waals surface area contributed by atoms with Crippen LogP contribution in [0.1, 0.15) is 24.8 Å². The zero-order valence-corrected chi connectivity index (χ0v) is 14.9. The molecule has 0 spiro atoms. The smallest absolute Gasteiger partial charge is 0.252 e. The van der Waals surface area contributed by atoms with Crippen molar-refractivity contribution in [2.24, 2.45) is 11.1 Å². The average Bonchev–Trinajstić information content (AvgIpc) is 3.03. The third-order valence-corrected chi connectivity index (χ3v) is 5.24. The Labute approximate surface area is 149 Å². The monoisotopic (exact) mass is 338 g/mol. The molecule has 2 aromatic rings. The van der Waals surface area contributed by atoms with Gasteiger partial charge in [0.05, 0.1) is 12.5 Å². The number of benzene rings is 2. The SMILES string of the molecule is CON(C)C(=O)[C@@]1(Cc2cccc(-c3ccccc3)c2)CC[C@H](N)C1. The number of amides is 1. The van der Waals surface area contributed by atoms with Crippen molar-refractivity contribution in [1.29, 1.82) is 0 Å². The Bertz CT molecular complexity index is 732. The summed E-state index contributed by atoms with van der Waals surface area (Å²) in [5.41, 5.74) is 9.19. The van der Waals surface area contributed by atoms with E-state index in [1.807, 2.05) is 18.2 Å². The lowest BCUT2D eigenvalue weighted by molar-refractivity contribution is -0.180. The molecule has 0 saturated heterocycles. The summed E-state index contributed by atoms with van der Waals surface area (Å²) < 4.78 is 0. The molecule has 0 radical (unpaired) electrons. The minimum absolute atomic E-state index is 0.0214. The molecule has 0 aromatic heterocycles. The largest absolute Gasteiger partial charge is 0.328 e. The lowest BCUT2D eigenvalue weighted by Crippen LogP contribution is -2.42. The summed E-state index contributed by atoms with van der Waals surface area (Å²) in [5.74, 6) is 0.0214. The van der Waals surface area contributed by atoms with Crippen LogP contribution in [0.25, 0.3) is 11.1 Å². The van der Waals surface area contributed by atoms with Crippen LogP contribution in [0, 0.1) is 5.41 Å². The highest BCUT2D eigenvalue weighted by atomic mass is 16.7. The van der Waals surface area contributed by atoms with E-state index in [-0.39, 0.29) is 11.9 Å². The van der Waals surface area contributed by atoms with E-state index in [9.17, 15) is 4.79 Å². The normalized spacial score (nSPS) is 22.8. The molecule has 25 heavy (non-hydrogen) atoms. The van der Waals surface area contributed by atoms with Crippen LogP contribution in [0.4, 0.5) is 0 Å². The van der Waals surface area contributed by atoms with Crippen LogP contribution in [0.2, 0.25) is 0 Å². The van der Waals surface area contributed by atoms with Crippen LogP contribution in [0.3, 0.4) is 0 Å². The zero-order chi connectivity index (χ0) is 17.9. The summed E-state index contributed by atoms with van der Waals surface area (Å²) >= 11 is 0. The number of hydroxylamine groups is 2. The van der Waals surface area contributed by atoms with Crippen LogP contribution >= 0.6 is 0 Å². The van der Waals surface area contributed by atoms with Gasteiger partial charge in [0.25, 0.3) is 5.91 Å². The summed E-state index contributed by atoms with van der Waals surface area (Å²) in [6.07, 6.45) is 3.07. The van der Waals surface area contributed by atoms with Gasteiger partial charge in [-0.25, -0.2) is 5.06 Å². The Hall–Kier alpha value is -2.17. The number of carbonyl (C=O) groups is 1. The molecule has 1 aliphatic rings. The van der Waals surface area contributed by atoms with Crippen molar-refractivity contribution < 1.29 is 9.63 Å². The second-order valence-corrected chi connectivity index (χ2v) is 7.01. The molecule has 4 heteroatoms. The highest BCUT2D eigenvalue weighted by molar-refractivity contribution is 5.82. The number of rotatable bonds is 5. The molecule has 0 aliphatic heterocycles. The maximum absolute atomic E-state index is 12.9. The highest BCUT2D eigenvalue weighted by Crippen LogP contribution is 2.42. The molecule has 3 rings (SSSR count). The Kier molecular flexibility index (Phi) is 5.21. The molecule has 0 bridgehead atoms. The number of nitrogens with two attached hydrogens (primary N) is 1. The molecule has 0 heterocycles. The zero-order valence-electron chi connectivity index (χ0n) is 14.9. The molecule has 2 N–H and O–H groups in total. The Balaban J connectivity index is 1.89. The predicted molar refractivity (Wildman–Crippen MR) is 99.6 cm³/mol. The topological polar surface area (TPSA) is 55.6 Å². The molecular formula is C21H26N2O2. The van der Waals surface area contributed by atoms with Gasteiger partial charge in [0, 0.05) is 13.1 Å². The van der Waals surface area contributed by atoms with Crippen LogP contribution in [0.15, 0.2) is 54.6 Å². The van der Waals surface area contributed by atoms with E-state index in [0.717, 1.165) is 18.4 Å². The number of carbonyl (C=O) groups excluding carboxylic acids is 1. The van der Waals surface area contributed by atoms with E-state index in [1.165, 1.54) is 23.3 Å². The van der Waals surface area contributed by atoms with Gasteiger partial charge < -0.3 is 5.73 Å². The minimum atomic E-state index is -0.473. The maximum atomic E-state index is 12.9. The quantitative estimate of drug-likeness (QED) is 0.850. The first kappa shape index (κ1) is 17.6. The van der Waals surface area contributed by atoms with Crippen LogP contribution < -0.4 is 5.73 Å². The third kappa shape index (κ3) is 3.75. The van der Waals surface area contributed by atoms with Crippen molar-refractivity contribution in [3.63, 3.8) is 0 Å². The van der Waals surface area contributed by atoms with Gasteiger partial charge in [-0.15, -0.1) is 0 Å². The van der Waals surface area contributed by atoms with Crippen molar-refractivity contribution in [2.75, 3.05) is 14.2 Å². The number of hydrogen-bond acceptors (Lipinski definition) is 3. The summed E-state index contributed by atoms with van der Waals surface area (Å²) in [6.45, 7) is 0. The van der Waals surface area contributed by atoms with E-state index in [2.05, 4.69) is 36.4 Å². The fourth-order valence-corrected chi connectivity index (χ4v) is 3.90. The van der Waals surface area contributed by atoms with Crippen molar-refractivity contribution >= 4 is 5.91 Å². The molecule has 4 nitrogen and oxygen atoms in total. The Morgan fingerprint density at radius 3 is 2.56 bits per heavy atom. The van der Waals surface area contributed by atoms with E-state index in [0.29, 0.717) is 12.8 Å². The Morgan fingerprint density at radius 1 is 1.20 bits per heavy atom. The standard InChI is InChI=1S/C21H26N2O2/c1-23(25-2)20(24)21(12-11-19(22)15-21)14-16-7-6-10-18(13-16)17-8-4-3-5-9-17/h3-10,13,19H,11-12,14-15,22H2,1-2H3/t19-,21+/m0/s1. The van der Waals surface area contributed by atoms with Gasteiger partial charge in [-0.1, -0.05) is 54.6 Å². The van der Waals surface area contributed by atoms with Crippen molar-refractivity contribution in [2.45, 2.75) is 31.7 Å². The fourth-order valence-electron chi connectivity index (χ4n) is 3.90. The third-order valence-electron chi connectivity index (χ3n) is 5.24. The lowest BCUT2D eigenvalue weighted by Gasteiger charge is -2.31. The number of hydrogen-bond donors (Lipinski definition) is 1. The van der Waals surface area contributed by atoms with Gasteiger partial charge in [-0.05, 0) is 42.4 Å². The predicted octanol–water partition coefficient (Wildman–Crippen LogP) is 3.41. The molecular weight excluding hydrogens is 312 g/mol. The van der Waals surface area contributed by atoms with E-state index < -0.39 is 5.41 Å². The average molecular weight is 338 g/mol. The maximum Gasteiger partial charge on any atom is 0.252 e. The second kappa shape index (κ2) is 7.38. The molecule has 1 fully saturated rings. The summed E-state index contributed by atoms with van der Waals surface area (Å²) in [7, 11) is 3.20. The number of nitrogens with zero attached hydrogens (tertiary/aromatic N) is 1. The first-order valence-corrected chi connectivity index (χ1v) is 8.76. The van der Waals surface area contributed by atoms with Gasteiger partial charge in [-0.2, -0.15) is 0 Å². The van der Waals surface area contributed by atoms with E-state index in [1.54, 1.807) is 7.05 Å². The lowest BCUT2D eigenvalue weighted by atomic mass is 9.78. The minimum Gasteiger partial charge on any atom is -0.328 e. The molecule has 1 aliphatic carbocycles. The fraction of sp³-hybridized carbons (Fsp3) is 0.381. The van der Waals surface area contributed by atoms with Gasteiger partial charge in [0.2, 0.25) is 0 Å². The highest BCUT2D eigenvalue weighted by Gasteiger charge is 2.46. The van der Waals surface area contributed by atoms with Gasteiger partial charge in [-0.3, -0.25) is 9.63 Å². The second-order valence-electron chi connectivity index (χ2n) is 7.01. The van der Waals surface area contributed by atoms with Gasteiger partial charge in [0.1, 0.15) is 0 Å². The van der Waals surface area contributed by atoms with Gasteiger partial charge >= 0.3 is 0 Å². The van der Waals surface area contributed by atoms with Gasteiger partial charge in [0.15, 0.2) is 0 Å². The summed E-state index contributed by atoms with van der Waals surface area (Å²) in [6, 6.07) is 18.8. The summed E-state index contributed by atoms with van der Waals surface area (Å²) in [4.78, 5) is 18.1. The van der Waals surface area contributed by atoms with Crippen molar-refractivity contribution in [3.8, 4) is 11.1 Å². The van der Waals surface area contributed by atoms with E-state index in [4.69, 9.17) is 10.6 Å². The van der Waals surface area contributed by atoms with Crippen LogP contribution in [0.5, 0.6) is 0 Å². The van der Waals surface area contributed by atoms with Crippen molar-refractivity contribution in [1.82, 2.24) is 5.06 Å². The van der Waals surface area contributed by atoms with Crippen molar-refractivity contribution in [3.05, 3.63) is 60.2 Å². The summed E-state index contributed by atoms with van der Waals surface area (Å²) in [5, 5.41) is 1.35. The van der Waals surface area contributed by atoms with E-state index >= 15 is 0 Å². The molecule has 1 amide bonds. The molecule has 132 valence electrons. The van der Waals surface area contributed by atoms with Crippen LogP contribution in [-0.2, 0) is 16.1 Å². The molecule has 0 unspecified atom stereocenters. The first-order valence-electron chi connectivity index (χ1n) is 8.76. The molecule has 2 aromatic carbocycles.